The first kappa shape index (κ1) is 17.7. The van der Waals surface area contributed by atoms with E-state index in [1.807, 2.05) is 18.2 Å². The fourth-order valence-electron chi connectivity index (χ4n) is 4.13. The molecule has 0 unspecified atom stereocenters. The van der Waals surface area contributed by atoms with Crippen LogP contribution in [0.15, 0.2) is 24.3 Å². The van der Waals surface area contributed by atoms with Gasteiger partial charge in [-0.15, -0.1) is 0 Å². The molecule has 1 spiro atoms. The number of aliphatic hydroxyl groups is 1. The van der Waals surface area contributed by atoms with Crippen molar-refractivity contribution >= 4 is 32.6 Å². The zero-order valence-electron chi connectivity index (χ0n) is 15.2. The maximum Gasteiger partial charge on any atom is 0.217 e. The Hall–Kier alpha value is -1.70. The van der Waals surface area contributed by atoms with Gasteiger partial charge in [-0.25, -0.2) is 4.98 Å². The first-order chi connectivity index (χ1) is 12.4. The standard InChI is InChI=1S/C19H25N3O3S/c1-13(23)20-16-11-25-19(12-18(16,2)24)7-9-22(10-8-19)17-21-14-5-3-4-6-15(14)26-17/h3-6,16,24H,7-12H2,1-2H3,(H,20,23)/t16-,18-/m0/s1. The van der Waals surface area contributed by atoms with Crippen molar-refractivity contribution in [3.05, 3.63) is 24.3 Å². The number of carbonyl (C=O) groups excluding carboxylic acids is 1. The molecule has 2 atom stereocenters. The minimum absolute atomic E-state index is 0.138. The van der Waals surface area contributed by atoms with Crippen molar-refractivity contribution in [2.75, 3.05) is 24.6 Å². The maximum atomic E-state index is 11.4. The smallest absolute Gasteiger partial charge is 0.217 e. The van der Waals surface area contributed by atoms with Gasteiger partial charge in [0.05, 0.1) is 34.1 Å². The van der Waals surface area contributed by atoms with E-state index in [1.165, 1.54) is 11.6 Å². The van der Waals surface area contributed by atoms with Gasteiger partial charge in [0.2, 0.25) is 5.91 Å². The molecule has 1 aromatic heterocycles. The van der Waals surface area contributed by atoms with Gasteiger partial charge in [0.15, 0.2) is 5.13 Å². The monoisotopic (exact) mass is 375 g/mol. The molecular formula is C19H25N3O3S. The molecule has 2 fully saturated rings. The Balaban J connectivity index is 1.44. The van der Waals surface area contributed by atoms with E-state index < -0.39 is 5.60 Å². The minimum Gasteiger partial charge on any atom is -0.388 e. The lowest BCUT2D eigenvalue weighted by Gasteiger charge is -2.51. The predicted molar refractivity (Wildman–Crippen MR) is 103 cm³/mol. The molecule has 2 N–H and O–H groups in total. The van der Waals surface area contributed by atoms with Crippen molar-refractivity contribution in [3.63, 3.8) is 0 Å². The van der Waals surface area contributed by atoms with Crippen LogP contribution in [-0.2, 0) is 9.53 Å². The van der Waals surface area contributed by atoms with Crippen molar-refractivity contribution in [3.8, 4) is 0 Å². The summed E-state index contributed by atoms with van der Waals surface area (Å²) < 4.78 is 7.39. The second kappa shape index (κ2) is 6.48. The Labute approximate surface area is 157 Å². The summed E-state index contributed by atoms with van der Waals surface area (Å²) in [4.78, 5) is 18.4. The van der Waals surface area contributed by atoms with Gasteiger partial charge in [0.25, 0.3) is 0 Å². The van der Waals surface area contributed by atoms with E-state index in [1.54, 1.807) is 18.3 Å². The summed E-state index contributed by atoms with van der Waals surface area (Å²) in [6.45, 7) is 5.35. The second-order valence-corrected chi connectivity index (χ2v) is 8.74. The van der Waals surface area contributed by atoms with Gasteiger partial charge in [0, 0.05) is 26.4 Å². The second-order valence-electron chi connectivity index (χ2n) is 7.73. The number of nitrogens with zero attached hydrogens (tertiary/aromatic N) is 2. The SMILES string of the molecule is CC(=O)N[C@H]1COC2(CCN(c3nc4ccccc4s3)CC2)C[C@]1(C)O. The molecule has 2 aromatic rings. The number of anilines is 1. The van der Waals surface area contributed by atoms with Crippen molar-refractivity contribution in [2.45, 2.75) is 50.4 Å². The third kappa shape index (κ3) is 3.31. The maximum absolute atomic E-state index is 11.4. The van der Waals surface area contributed by atoms with E-state index in [2.05, 4.69) is 16.3 Å². The van der Waals surface area contributed by atoms with Crippen molar-refractivity contribution < 1.29 is 14.6 Å². The molecule has 4 rings (SSSR count). The van der Waals surface area contributed by atoms with Crippen LogP contribution in [0.1, 0.15) is 33.1 Å². The largest absolute Gasteiger partial charge is 0.388 e. The van der Waals surface area contributed by atoms with Crippen LogP contribution in [0.2, 0.25) is 0 Å². The number of aromatic nitrogens is 1. The van der Waals surface area contributed by atoms with E-state index in [9.17, 15) is 9.90 Å². The summed E-state index contributed by atoms with van der Waals surface area (Å²) in [5.41, 5.74) is -0.226. The van der Waals surface area contributed by atoms with Gasteiger partial charge in [-0.3, -0.25) is 4.79 Å². The Morgan fingerprint density at radius 2 is 2.12 bits per heavy atom. The number of carbonyl (C=O) groups is 1. The molecule has 0 saturated carbocycles. The van der Waals surface area contributed by atoms with Crippen LogP contribution >= 0.6 is 11.3 Å². The molecule has 2 aliphatic heterocycles. The summed E-state index contributed by atoms with van der Waals surface area (Å²) in [6, 6.07) is 7.85. The highest BCUT2D eigenvalue weighted by atomic mass is 32.1. The van der Waals surface area contributed by atoms with E-state index in [4.69, 9.17) is 9.72 Å². The van der Waals surface area contributed by atoms with Gasteiger partial charge in [-0.2, -0.15) is 0 Å². The first-order valence-electron chi connectivity index (χ1n) is 9.11. The lowest BCUT2D eigenvalue weighted by molar-refractivity contribution is -0.180. The van der Waals surface area contributed by atoms with Crippen molar-refractivity contribution in [1.29, 1.82) is 0 Å². The average Bonchev–Trinajstić information content (AvgIpc) is 3.01. The number of thiazole rings is 1. The molecule has 2 aliphatic rings. The van der Waals surface area contributed by atoms with Crippen molar-refractivity contribution in [1.82, 2.24) is 10.3 Å². The summed E-state index contributed by atoms with van der Waals surface area (Å²) in [5, 5.41) is 14.7. The van der Waals surface area contributed by atoms with Crippen LogP contribution in [0.5, 0.6) is 0 Å². The molecule has 7 heteroatoms. The Morgan fingerprint density at radius 3 is 2.77 bits per heavy atom. The van der Waals surface area contributed by atoms with Crippen LogP contribution in [0.4, 0.5) is 5.13 Å². The number of benzene rings is 1. The first-order valence-corrected chi connectivity index (χ1v) is 9.93. The fourth-order valence-corrected chi connectivity index (χ4v) is 5.15. The third-order valence-electron chi connectivity index (χ3n) is 5.59. The number of nitrogens with one attached hydrogen (secondary N) is 1. The molecule has 6 nitrogen and oxygen atoms in total. The lowest BCUT2D eigenvalue weighted by Crippen LogP contribution is -2.63. The summed E-state index contributed by atoms with van der Waals surface area (Å²) in [5.74, 6) is -0.138. The van der Waals surface area contributed by atoms with Gasteiger partial charge in [-0.05, 0) is 31.9 Å². The van der Waals surface area contributed by atoms with Crippen LogP contribution in [0, 0.1) is 0 Å². The highest BCUT2D eigenvalue weighted by Crippen LogP contribution is 2.41. The van der Waals surface area contributed by atoms with E-state index in [-0.39, 0.29) is 17.6 Å². The number of para-hydroxylation sites is 1. The molecule has 1 amide bonds. The molecule has 140 valence electrons. The fraction of sp³-hybridized carbons (Fsp3) is 0.579. The van der Waals surface area contributed by atoms with Gasteiger partial charge in [0.1, 0.15) is 0 Å². The molecule has 26 heavy (non-hydrogen) atoms. The molecular weight excluding hydrogens is 350 g/mol. The number of hydrogen-bond acceptors (Lipinski definition) is 6. The van der Waals surface area contributed by atoms with E-state index >= 15 is 0 Å². The number of amides is 1. The quantitative estimate of drug-likeness (QED) is 0.843. The molecule has 0 radical (unpaired) electrons. The number of rotatable bonds is 2. The molecule has 0 bridgehead atoms. The van der Waals surface area contributed by atoms with Crippen LogP contribution in [0.3, 0.4) is 0 Å². The molecule has 2 saturated heterocycles. The minimum atomic E-state index is -0.956. The topological polar surface area (TPSA) is 74.7 Å². The van der Waals surface area contributed by atoms with Crippen LogP contribution in [0.25, 0.3) is 10.2 Å². The number of hydrogen-bond donors (Lipinski definition) is 2. The van der Waals surface area contributed by atoms with E-state index in [0.29, 0.717) is 13.0 Å². The highest BCUT2D eigenvalue weighted by molar-refractivity contribution is 7.22. The summed E-state index contributed by atoms with van der Waals surface area (Å²) in [7, 11) is 0. The predicted octanol–water partition coefficient (Wildman–Crippen LogP) is 2.31. The Bertz CT molecular complexity index is 778. The van der Waals surface area contributed by atoms with Crippen LogP contribution < -0.4 is 10.2 Å². The normalized spacial score (nSPS) is 28.4. The van der Waals surface area contributed by atoms with Gasteiger partial charge >= 0.3 is 0 Å². The van der Waals surface area contributed by atoms with E-state index in [0.717, 1.165) is 36.6 Å². The Morgan fingerprint density at radius 1 is 1.38 bits per heavy atom. The van der Waals surface area contributed by atoms with Crippen molar-refractivity contribution in [2.24, 2.45) is 0 Å². The summed E-state index contributed by atoms with van der Waals surface area (Å²) >= 11 is 1.72. The zero-order valence-corrected chi connectivity index (χ0v) is 16.0. The number of fused-ring (bicyclic) bond motifs is 1. The zero-order chi connectivity index (χ0) is 18.4. The average molecular weight is 375 g/mol. The Kier molecular flexibility index (Phi) is 4.41. The molecule has 0 aliphatic carbocycles. The molecule has 3 heterocycles. The van der Waals surface area contributed by atoms with Gasteiger partial charge in [-0.1, -0.05) is 23.5 Å². The third-order valence-corrected chi connectivity index (χ3v) is 6.69. The highest BCUT2D eigenvalue weighted by Gasteiger charge is 2.49. The van der Waals surface area contributed by atoms with Gasteiger partial charge < -0.3 is 20.1 Å². The number of piperidine rings is 1. The molecule has 1 aromatic carbocycles. The lowest BCUT2D eigenvalue weighted by atomic mass is 9.76. The van der Waals surface area contributed by atoms with Crippen LogP contribution in [-0.4, -0.2) is 52.9 Å². The summed E-state index contributed by atoms with van der Waals surface area (Å²) in [6.07, 6.45) is 2.25. The number of ether oxygens (including phenoxy) is 1.